The highest BCUT2D eigenvalue weighted by Crippen LogP contribution is 2.36. The Morgan fingerprint density at radius 1 is 1.03 bits per heavy atom. The molecule has 0 spiro atoms. The number of amides is 2. The molecule has 1 saturated heterocycles. The van der Waals surface area contributed by atoms with Crippen LogP contribution < -0.4 is 10.1 Å². The molecule has 1 aromatic heterocycles. The molecule has 0 unspecified atom stereocenters. The van der Waals surface area contributed by atoms with E-state index in [9.17, 15) is 22.8 Å². The van der Waals surface area contributed by atoms with Gasteiger partial charge in [-0.15, -0.1) is 0 Å². The molecule has 0 bridgehead atoms. The molecule has 2 amide bonds. The third kappa shape index (κ3) is 5.56. The summed E-state index contributed by atoms with van der Waals surface area (Å²) in [5.74, 6) is -0.947. The first-order valence-electron chi connectivity index (χ1n) is 10.8. The molecule has 0 atom stereocenters. The molecule has 34 heavy (non-hydrogen) atoms. The maximum absolute atomic E-state index is 13.2. The van der Waals surface area contributed by atoms with Crippen molar-refractivity contribution in [1.29, 1.82) is 0 Å². The molecule has 1 aliphatic rings. The van der Waals surface area contributed by atoms with Crippen LogP contribution in [0.3, 0.4) is 0 Å². The number of ether oxygens (including phenoxy) is 1. The van der Waals surface area contributed by atoms with Gasteiger partial charge in [0.25, 0.3) is 5.91 Å². The van der Waals surface area contributed by atoms with Crippen molar-refractivity contribution in [2.45, 2.75) is 25.1 Å². The van der Waals surface area contributed by atoms with E-state index in [1.165, 1.54) is 24.5 Å². The lowest BCUT2D eigenvalue weighted by Gasteiger charge is -2.32. The number of alkyl halides is 3. The summed E-state index contributed by atoms with van der Waals surface area (Å²) in [6.07, 6.45) is -1.03. The maximum atomic E-state index is 13.2. The number of carbonyl (C=O) groups excluding carboxylic acids is 2. The quantitative estimate of drug-likeness (QED) is 0.594. The number of imidazole rings is 1. The highest BCUT2D eigenvalue weighted by molar-refractivity contribution is 5.94. The lowest BCUT2D eigenvalue weighted by atomic mass is 10.1. The number of piperidine rings is 1. The second-order valence-electron chi connectivity index (χ2n) is 7.88. The Bertz CT molecular complexity index is 1140. The highest BCUT2D eigenvalue weighted by Gasteiger charge is 2.35. The molecule has 1 N–H and O–H groups in total. The van der Waals surface area contributed by atoms with Crippen LogP contribution in [0.25, 0.3) is 5.69 Å². The molecule has 0 saturated carbocycles. The molecule has 178 valence electrons. The summed E-state index contributed by atoms with van der Waals surface area (Å²) in [7, 11) is 0. The number of para-hydroxylation sites is 2. The fraction of sp³-hybridized carbons (Fsp3) is 0.292. The van der Waals surface area contributed by atoms with Crippen LogP contribution >= 0.6 is 0 Å². The van der Waals surface area contributed by atoms with Gasteiger partial charge in [-0.2, -0.15) is 13.2 Å². The van der Waals surface area contributed by atoms with E-state index in [0.717, 1.165) is 11.8 Å². The van der Waals surface area contributed by atoms with E-state index in [-0.39, 0.29) is 23.9 Å². The number of benzene rings is 2. The first-order chi connectivity index (χ1) is 16.3. The predicted octanol–water partition coefficient (Wildman–Crippen LogP) is 3.69. The Hall–Kier alpha value is -3.82. The van der Waals surface area contributed by atoms with Gasteiger partial charge in [0.2, 0.25) is 5.91 Å². The molecule has 2 aromatic carbocycles. The van der Waals surface area contributed by atoms with Crippen LogP contribution in [0.5, 0.6) is 5.75 Å². The van der Waals surface area contributed by atoms with E-state index in [4.69, 9.17) is 4.74 Å². The predicted molar refractivity (Wildman–Crippen MR) is 118 cm³/mol. The Morgan fingerprint density at radius 2 is 1.71 bits per heavy atom. The molecular weight excluding hydrogens is 449 g/mol. The number of aromatic nitrogens is 2. The van der Waals surface area contributed by atoms with Crippen molar-refractivity contribution in [3.05, 3.63) is 78.4 Å². The summed E-state index contributed by atoms with van der Waals surface area (Å²) in [6.45, 7) is 0.464. The number of nitrogens with zero attached hydrogens (tertiary/aromatic N) is 3. The summed E-state index contributed by atoms with van der Waals surface area (Å²) in [4.78, 5) is 30.5. The van der Waals surface area contributed by atoms with Crippen molar-refractivity contribution in [2.75, 3.05) is 19.6 Å². The van der Waals surface area contributed by atoms with Crippen molar-refractivity contribution in [1.82, 2.24) is 19.8 Å². The molecule has 3 aromatic rings. The molecular formula is C24H23F3N4O3. The molecule has 1 fully saturated rings. The van der Waals surface area contributed by atoms with E-state index in [1.54, 1.807) is 15.7 Å². The smallest absolute Gasteiger partial charge is 0.419 e. The van der Waals surface area contributed by atoms with Crippen molar-refractivity contribution in [3.8, 4) is 11.4 Å². The normalized spacial score (nSPS) is 14.6. The van der Waals surface area contributed by atoms with E-state index in [1.807, 2.05) is 30.3 Å². The number of hydrogen-bond donors (Lipinski definition) is 1. The summed E-state index contributed by atoms with van der Waals surface area (Å²) >= 11 is 0. The number of halogens is 3. The van der Waals surface area contributed by atoms with Gasteiger partial charge in [0.15, 0.2) is 0 Å². The minimum Gasteiger partial charge on any atom is -0.490 e. The first kappa shape index (κ1) is 23.3. The highest BCUT2D eigenvalue weighted by atomic mass is 19.4. The van der Waals surface area contributed by atoms with Gasteiger partial charge >= 0.3 is 6.18 Å². The topological polar surface area (TPSA) is 76.5 Å². The van der Waals surface area contributed by atoms with Crippen molar-refractivity contribution in [2.24, 2.45) is 0 Å². The average molecular weight is 472 g/mol. The maximum Gasteiger partial charge on any atom is 0.419 e. The average Bonchev–Trinajstić information content (AvgIpc) is 3.34. The van der Waals surface area contributed by atoms with Crippen LogP contribution in [0.15, 0.2) is 67.1 Å². The second kappa shape index (κ2) is 9.98. The molecule has 1 aliphatic heterocycles. The summed E-state index contributed by atoms with van der Waals surface area (Å²) in [5.41, 5.74) is 0.228. The van der Waals surface area contributed by atoms with E-state index < -0.39 is 23.8 Å². The van der Waals surface area contributed by atoms with Gasteiger partial charge in [0.05, 0.1) is 12.1 Å². The van der Waals surface area contributed by atoms with Crippen LogP contribution in [-0.2, 0) is 11.0 Å². The van der Waals surface area contributed by atoms with E-state index >= 15 is 0 Å². The number of carbonyl (C=O) groups is 2. The monoisotopic (exact) mass is 472 g/mol. The van der Waals surface area contributed by atoms with Crippen LogP contribution in [0, 0.1) is 0 Å². The van der Waals surface area contributed by atoms with Gasteiger partial charge in [-0.05, 0) is 24.3 Å². The lowest BCUT2D eigenvalue weighted by Crippen LogP contribution is -2.46. The zero-order valence-electron chi connectivity index (χ0n) is 18.2. The minimum absolute atomic E-state index is 0.187. The first-order valence-corrected chi connectivity index (χ1v) is 10.8. The third-order valence-corrected chi connectivity index (χ3v) is 5.55. The van der Waals surface area contributed by atoms with Crippen LogP contribution in [0.4, 0.5) is 13.2 Å². The van der Waals surface area contributed by atoms with Gasteiger partial charge in [0.1, 0.15) is 23.9 Å². The fourth-order valence-corrected chi connectivity index (χ4v) is 3.75. The summed E-state index contributed by atoms with van der Waals surface area (Å²) in [5, 5.41) is 2.57. The van der Waals surface area contributed by atoms with Gasteiger partial charge in [-0.25, -0.2) is 4.98 Å². The van der Waals surface area contributed by atoms with Gasteiger partial charge in [-0.3, -0.25) is 9.59 Å². The van der Waals surface area contributed by atoms with Crippen molar-refractivity contribution in [3.63, 3.8) is 0 Å². The fourth-order valence-electron chi connectivity index (χ4n) is 3.75. The van der Waals surface area contributed by atoms with Gasteiger partial charge < -0.3 is 19.5 Å². The largest absolute Gasteiger partial charge is 0.490 e. The minimum atomic E-state index is -4.50. The van der Waals surface area contributed by atoms with E-state index in [2.05, 4.69) is 10.3 Å². The van der Waals surface area contributed by atoms with Gasteiger partial charge in [-0.1, -0.05) is 30.3 Å². The third-order valence-electron chi connectivity index (χ3n) is 5.55. The number of likely N-dealkylation sites (tertiary alicyclic amines) is 1. The standard InChI is InChI=1S/C24H23F3N4O3/c25-24(26,27)19-8-4-5-9-21(19)34-18-10-12-30(13-11-18)22(32)14-28-23(33)20-15-31(16-29-20)17-6-2-1-3-7-17/h1-9,15-16,18H,10-14H2,(H,28,33). The van der Waals surface area contributed by atoms with Crippen molar-refractivity contribution >= 4 is 11.8 Å². The molecule has 2 heterocycles. The number of hydrogen-bond acceptors (Lipinski definition) is 4. The van der Waals surface area contributed by atoms with Crippen LogP contribution in [-0.4, -0.2) is 52.0 Å². The van der Waals surface area contributed by atoms with Crippen molar-refractivity contribution < 1.29 is 27.5 Å². The Balaban J connectivity index is 1.25. The van der Waals surface area contributed by atoms with Gasteiger partial charge in [0, 0.05) is 37.8 Å². The zero-order valence-corrected chi connectivity index (χ0v) is 18.2. The Kier molecular flexibility index (Phi) is 6.85. The SMILES string of the molecule is O=C(NCC(=O)N1CCC(Oc2ccccc2C(F)(F)F)CC1)c1cn(-c2ccccc2)cn1. The molecule has 0 aliphatic carbocycles. The van der Waals surface area contributed by atoms with Crippen LogP contribution in [0.2, 0.25) is 0 Å². The molecule has 10 heteroatoms. The molecule has 0 radical (unpaired) electrons. The summed E-state index contributed by atoms with van der Waals surface area (Å²) < 4.78 is 46.8. The lowest BCUT2D eigenvalue weighted by molar-refractivity contribution is -0.139. The second-order valence-corrected chi connectivity index (χ2v) is 7.88. The Morgan fingerprint density at radius 3 is 2.41 bits per heavy atom. The van der Waals surface area contributed by atoms with E-state index in [0.29, 0.717) is 25.9 Å². The summed E-state index contributed by atoms with van der Waals surface area (Å²) in [6, 6.07) is 14.5. The molecule has 4 rings (SSSR count). The van der Waals surface area contributed by atoms with Crippen LogP contribution in [0.1, 0.15) is 28.9 Å². The molecule has 7 nitrogen and oxygen atoms in total. The number of nitrogens with one attached hydrogen (secondary N) is 1. The zero-order chi connectivity index (χ0) is 24.1. The number of rotatable bonds is 6. The Labute approximate surface area is 194 Å².